The van der Waals surface area contributed by atoms with Crippen LogP contribution in [0.2, 0.25) is 0 Å². The average molecular weight is 354 g/mol. The number of fused-ring (bicyclic) bond motifs is 1. The highest BCUT2D eigenvalue weighted by Gasteiger charge is 2.19. The minimum atomic E-state index is -1.15. The Morgan fingerprint density at radius 3 is 2.96 bits per heavy atom. The van der Waals surface area contributed by atoms with E-state index in [0.717, 1.165) is 19.3 Å². The first-order valence-electron chi connectivity index (χ1n) is 8.82. The molecule has 6 heteroatoms. The second-order valence-corrected chi connectivity index (χ2v) is 6.29. The number of carbonyl (C=O) groups is 2. The van der Waals surface area contributed by atoms with Crippen LogP contribution >= 0.6 is 0 Å². The summed E-state index contributed by atoms with van der Waals surface area (Å²) in [5, 5.41) is 11.7. The van der Waals surface area contributed by atoms with Crippen LogP contribution in [0, 0.1) is 0 Å². The minimum Gasteiger partial charge on any atom is -0.477 e. The lowest BCUT2D eigenvalue weighted by Gasteiger charge is -2.25. The molecule has 1 aliphatic carbocycles. The van der Waals surface area contributed by atoms with Crippen molar-refractivity contribution < 1.29 is 19.4 Å². The molecule has 0 saturated heterocycles. The van der Waals surface area contributed by atoms with Crippen LogP contribution in [-0.4, -0.2) is 35.1 Å². The fourth-order valence-electron chi connectivity index (χ4n) is 3.17. The highest BCUT2D eigenvalue weighted by molar-refractivity contribution is 5.96. The Balaban J connectivity index is 1.43. The van der Waals surface area contributed by atoms with E-state index < -0.39 is 5.97 Å². The van der Waals surface area contributed by atoms with Crippen molar-refractivity contribution in [3.05, 3.63) is 65.0 Å². The molecular weight excluding hydrogens is 332 g/mol. The van der Waals surface area contributed by atoms with E-state index in [2.05, 4.69) is 28.5 Å². The number of benzene rings is 1. The van der Waals surface area contributed by atoms with E-state index in [4.69, 9.17) is 9.84 Å². The van der Waals surface area contributed by atoms with Crippen molar-refractivity contribution in [2.75, 3.05) is 13.2 Å². The molecule has 1 atom stereocenters. The molecular formula is C20H22N2O4. The molecule has 3 rings (SSSR count). The van der Waals surface area contributed by atoms with Gasteiger partial charge in [0.25, 0.3) is 5.91 Å². The molecule has 1 unspecified atom stereocenters. The van der Waals surface area contributed by atoms with Crippen molar-refractivity contribution in [3.8, 4) is 0 Å². The molecule has 1 amide bonds. The molecule has 1 heterocycles. The molecule has 0 fully saturated rings. The molecule has 0 saturated carbocycles. The molecule has 1 aromatic carbocycles. The number of nitrogens with one attached hydrogen (secondary N) is 1. The van der Waals surface area contributed by atoms with Gasteiger partial charge in [0, 0.05) is 24.9 Å². The summed E-state index contributed by atoms with van der Waals surface area (Å²) >= 11 is 0. The Morgan fingerprint density at radius 1 is 1.27 bits per heavy atom. The van der Waals surface area contributed by atoms with Crippen molar-refractivity contribution in [2.45, 2.75) is 31.8 Å². The number of carboxylic acids is 1. The van der Waals surface area contributed by atoms with Crippen LogP contribution in [-0.2, 0) is 11.2 Å². The number of pyridine rings is 1. The summed E-state index contributed by atoms with van der Waals surface area (Å²) in [4.78, 5) is 26.7. The Bertz CT molecular complexity index is 791. The monoisotopic (exact) mass is 354 g/mol. The SMILES string of the molecule is O=C(NCCCOC1CCCc2ccccc21)c1ccnc(C(=O)O)c1. The van der Waals surface area contributed by atoms with E-state index >= 15 is 0 Å². The van der Waals surface area contributed by atoms with Crippen LogP contribution in [0.1, 0.15) is 57.3 Å². The number of carbonyl (C=O) groups excluding carboxylic acids is 1. The van der Waals surface area contributed by atoms with Crippen LogP contribution in [0.25, 0.3) is 0 Å². The first kappa shape index (κ1) is 18.1. The highest BCUT2D eigenvalue weighted by atomic mass is 16.5. The molecule has 26 heavy (non-hydrogen) atoms. The third-order valence-corrected chi connectivity index (χ3v) is 4.48. The third kappa shape index (κ3) is 4.46. The number of amides is 1. The van der Waals surface area contributed by atoms with Gasteiger partial charge in [0.2, 0.25) is 0 Å². The van der Waals surface area contributed by atoms with Gasteiger partial charge in [0.1, 0.15) is 5.69 Å². The normalized spacial score (nSPS) is 15.9. The fraction of sp³-hybridized carbons (Fsp3) is 0.350. The summed E-state index contributed by atoms with van der Waals surface area (Å²) in [6, 6.07) is 11.2. The zero-order valence-electron chi connectivity index (χ0n) is 14.5. The molecule has 2 aromatic rings. The molecule has 0 aliphatic heterocycles. The van der Waals surface area contributed by atoms with Gasteiger partial charge in [0.15, 0.2) is 0 Å². The van der Waals surface area contributed by atoms with Crippen molar-refractivity contribution in [3.63, 3.8) is 0 Å². The van der Waals surface area contributed by atoms with Gasteiger partial charge in [-0.15, -0.1) is 0 Å². The van der Waals surface area contributed by atoms with E-state index in [1.165, 1.54) is 29.5 Å². The van der Waals surface area contributed by atoms with Crippen molar-refractivity contribution in [1.29, 1.82) is 0 Å². The quantitative estimate of drug-likeness (QED) is 0.746. The Morgan fingerprint density at radius 2 is 2.12 bits per heavy atom. The van der Waals surface area contributed by atoms with Crippen molar-refractivity contribution in [2.24, 2.45) is 0 Å². The standard InChI is InChI=1S/C20H22N2O4/c23-19(15-9-11-21-17(13-15)20(24)25)22-10-4-12-26-18-8-3-6-14-5-1-2-7-16(14)18/h1-2,5,7,9,11,13,18H,3-4,6,8,10,12H2,(H,22,23)(H,24,25). The van der Waals surface area contributed by atoms with E-state index in [-0.39, 0.29) is 17.7 Å². The topological polar surface area (TPSA) is 88.5 Å². The van der Waals surface area contributed by atoms with Crippen molar-refractivity contribution in [1.82, 2.24) is 10.3 Å². The number of rotatable bonds is 7. The van der Waals surface area contributed by atoms with Crippen LogP contribution < -0.4 is 5.32 Å². The Hall–Kier alpha value is -2.73. The summed E-state index contributed by atoms with van der Waals surface area (Å²) < 4.78 is 6.01. The second kappa shape index (κ2) is 8.58. The molecule has 136 valence electrons. The van der Waals surface area contributed by atoms with Crippen LogP contribution in [0.4, 0.5) is 0 Å². The maximum atomic E-state index is 12.1. The number of carboxylic acid groups (broad SMARTS) is 1. The lowest BCUT2D eigenvalue weighted by atomic mass is 9.89. The summed E-state index contributed by atoms with van der Waals surface area (Å²) in [5.41, 5.74) is 2.79. The maximum Gasteiger partial charge on any atom is 0.354 e. The fourth-order valence-corrected chi connectivity index (χ4v) is 3.17. The van der Waals surface area contributed by atoms with E-state index in [1.807, 2.05) is 6.07 Å². The van der Waals surface area contributed by atoms with Gasteiger partial charge < -0.3 is 15.2 Å². The number of hydrogen-bond acceptors (Lipinski definition) is 4. The van der Waals surface area contributed by atoms with Crippen LogP contribution in [0.15, 0.2) is 42.6 Å². The minimum absolute atomic E-state index is 0.133. The van der Waals surface area contributed by atoms with Gasteiger partial charge in [0.05, 0.1) is 6.10 Å². The third-order valence-electron chi connectivity index (χ3n) is 4.48. The lowest BCUT2D eigenvalue weighted by Crippen LogP contribution is -2.26. The zero-order chi connectivity index (χ0) is 18.4. The smallest absolute Gasteiger partial charge is 0.354 e. The first-order valence-corrected chi connectivity index (χ1v) is 8.82. The van der Waals surface area contributed by atoms with Gasteiger partial charge in [-0.3, -0.25) is 4.79 Å². The summed E-state index contributed by atoms with van der Waals surface area (Å²) in [5.74, 6) is -1.46. The lowest BCUT2D eigenvalue weighted by molar-refractivity contribution is 0.0393. The molecule has 0 bridgehead atoms. The predicted octanol–water partition coefficient (Wildman–Crippen LogP) is 2.99. The van der Waals surface area contributed by atoms with E-state index in [9.17, 15) is 9.59 Å². The van der Waals surface area contributed by atoms with Crippen molar-refractivity contribution >= 4 is 11.9 Å². The number of nitrogens with zero attached hydrogens (tertiary/aromatic N) is 1. The van der Waals surface area contributed by atoms with Gasteiger partial charge in [-0.2, -0.15) is 0 Å². The Kier molecular flexibility index (Phi) is 5.96. The van der Waals surface area contributed by atoms with Gasteiger partial charge in [-0.25, -0.2) is 9.78 Å². The number of aryl methyl sites for hydroxylation is 1. The van der Waals surface area contributed by atoms with Crippen LogP contribution in [0.3, 0.4) is 0 Å². The largest absolute Gasteiger partial charge is 0.477 e. The Labute approximate surface area is 152 Å². The molecule has 1 aromatic heterocycles. The average Bonchev–Trinajstić information content (AvgIpc) is 2.67. The summed E-state index contributed by atoms with van der Waals surface area (Å²) in [7, 11) is 0. The number of ether oxygens (including phenoxy) is 1. The molecule has 0 radical (unpaired) electrons. The number of aromatic carboxylic acids is 1. The van der Waals surface area contributed by atoms with Gasteiger partial charge >= 0.3 is 5.97 Å². The van der Waals surface area contributed by atoms with Crippen LogP contribution in [0.5, 0.6) is 0 Å². The first-order chi connectivity index (χ1) is 12.6. The molecule has 0 spiro atoms. The van der Waals surface area contributed by atoms with E-state index in [1.54, 1.807) is 0 Å². The molecule has 1 aliphatic rings. The second-order valence-electron chi connectivity index (χ2n) is 6.29. The van der Waals surface area contributed by atoms with E-state index in [0.29, 0.717) is 25.1 Å². The predicted molar refractivity (Wildman–Crippen MR) is 96.2 cm³/mol. The zero-order valence-corrected chi connectivity index (χ0v) is 14.5. The molecule has 2 N–H and O–H groups in total. The summed E-state index contributed by atoms with van der Waals surface area (Å²) in [6.45, 7) is 1.04. The van der Waals surface area contributed by atoms with Gasteiger partial charge in [-0.05, 0) is 48.9 Å². The van der Waals surface area contributed by atoms with Gasteiger partial charge in [-0.1, -0.05) is 24.3 Å². The summed E-state index contributed by atoms with van der Waals surface area (Å²) in [6.07, 6.45) is 5.42. The highest BCUT2D eigenvalue weighted by Crippen LogP contribution is 2.32. The molecule has 6 nitrogen and oxygen atoms in total. The maximum absolute atomic E-state index is 12.1. The number of hydrogen-bond donors (Lipinski definition) is 2. The number of aromatic nitrogens is 1.